The SMILES string of the molecule is CCC(C)C(N)C(=O)Nc1ccc(OC)c(OCc2cn3ccccc3n2)c1.Cl.Cl. The first-order chi connectivity index (χ1) is 13.5. The quantitative estimate of drug-likeness (QED) is 0.534. The Morgan fingerprint density at radius 1 is 1.23 bits per heavy atom. The molecule has 0 spiro atoms. The van der Waals surface area contributed by atoms with Crippen molar-refractivity contribution in [2.45, 2.75) is 32.9 Å². The number of nitrogens with two attached hydrogens (primary N) is 1. The number of imidazole rings is 1. The Balaban J connectivity index is 0.00000225. The predicted octanol–water partition coefficient (Wildman–Crippen LogP) is 4.08. The predicted molar refractivity (Wildman–Crippen MR) is 123 cm³/mol. The summed E-state index contributed by atoms with van der Waals surface area (Å²) < 4.78 is 13.2. The lowest BCUT2D eigenvalue weighted by molar-refractivity contribution is -0.118. The number of benzene rings is 1. The van der Waals surface area contributed by atoms with Gasteiger partial charge in [0.2, 0.25) is 5.91 Å². The maximum absolute atomic E-state index is 12.3. The van der Waals surface area contributed by atoms with Crippen LogP contribution in [0.1, 0.15) is 26.0 Å². The van der Waals surface area contributed by atoms with E-state index in [0.29, 0.717) is 17.2 Å². The highest BCUT2D eigenvalue weighted by Gasteiger charge is 2.20. The van der Waals surface area contributed by atoms with Crippen molar-refractivity contribution in [2.24, 2.45) is 11.7 Å². The van der Waals surface area contributed by atoms with E-state index in [-0.39, 0.29) is 43.2 Å². The molecule has 0 aliphatic heterocycles. The summed E-state index contributed by atoms with van der Waals surface area (Å²) in [6.07, 6.45) is 4.69. The summed E-state index contributed by atoms with van der Waals surface area (Å²) in [5.41, 5.74) is 8.26. The van der Waals surface area contributed by atoms with Gasteiger partial charge in [-0.05, 0) is 30.2 Å². The summed E-state index contributed by atoms with van der Waals surface area (Å²) in [6.45, 7) is 4.25. The van der Waals surface area contributed by atoms with Crippen LogP contribution in [0.5, 0.6) is 11.5 Å². The number of carbonyl (C=O) groups excluding carboxylic acids is 1. The number of nitrogens with one attached hydrogen (secondary N) is 1. The second kappa shape index (κ2) is 11.6. The smallest absolute Gasteiger partial charge is 0.241 e. The number of pyridine rings is 1. The van der Waals surface area contributed by atoms with E-state index in [1.807, 2.05) is 48.8 Å². The number of fused-ring (bicyclic) bond motifs is 1. The Hall–Kier alpha value is -2.48. The first-order valence-electron chi connectivity index (χ1n) is 9.31. The molecule has 3 N–H and O–H groups in total. The minimum Gasteiger partial charge on any atom is -0.493 e. The molecule has 164 valence electrons. The van der Waals surface area contributed by atoms with Crippen LogP contribution >= 0.6 is 24.8 Å². The molecule has 0 saturated heterocycles. The van der Waals surface area contributed by atoms with Gasteiger partial charge in [-0.2, -0.15) is 0 Å². The molecule has 30 heavy (non-hydrogen) atoms. The second-order valence-electron chi connectivity index (χ2n) is 6.75. The second-order valence-corrected chi connectivity index (χ2v) is 6.75. The molecule has 1 aromatic carbocycles. The van der Waals surface area contributed by atoms with Gasteiger partial charge in [-0.3, -0.25) is 4.79 Å². The van der Waals surface area contributed by atoms with Crippen LogP contribution in [0, 0.1) is 5.92 Å². The highest BCUT2D eigenvalue weighted by Crippen LogP contribution is 2.31. The van der Waals surface area contributed by atoms with Gasteiger partial charge in [0.05, 0.1) is 18.8 Å². The standard InChI is InChI=1S/C21H26N4O3.2ClH/c1-4-14(2)20(22)21(26)24-15-8-9-17(27-3)18(11-15)28-13-16-12-25-10-6-5-7-19(25)23-16;;/h5-12,14,20H,4,13,22H2,1-3H3,(H,24,26);2*1H. The number of hydrogen-bond acceptors (Lipinski definition) is 5. The maximum atomic E-state index is 12.3. The zero-order chi connectivity index (χ0) is 20.1. The molecule has 0 aliphatic rings. The van der Waals surface area contributed by atoms with Crippen LogP contribution in [0.15, 0.2) is 48.8 Å². The van der Waals surface area contributed by atoms with Gasteiger partial charge in [0.15, 0.2) is 11.5 Å². The van der Waals surface area contributed by atoms with Crippen molar-refractivity contribution in [3.05, 3.63) is 54.5 Å². The van der Waals surface area contributed by atoms with Gasteiger partial charge in [-0.1, -0.05) is 26.3 Å². The van der Waals surface area contributed by atoms with Gasteiger partial charge in [0.25, 0.3) is 0 Å². The average Bonchev–Trinajstić information content (AvgIpc) is 3.14. The lowest BCUT2D eigenvalue weighted by atomic mass is 9.99. The number of halogens is 2. The van der Waals surface area contributed by atoms with Crippen LogP contribution in [-0.4, -0.2) is 28.4 Å². The number of ether oxygens (including phenoxy) is 2. The lowest BCUT2D eigenvalue weighted by Crippen LogP contribution is -2.40. The number of hydrogen-bond donors (Lipinski definition) is 2. The zero-order valence-electron chi connectivity index (χ0n) is 17.2. The van der Waals surface area contributed by atoms with E-state index in [9.17, 15) is 4.79 Å². The molecule has 0 saturated carbocycles. The number of carbonyl (C=O) groups is 1. The first-order valence-corrected chi connectivity index (χ1v) is 9.31. The van der Waals surface area contributed by atoms with Gasteiger partial charge in [0.1, 0.15) is 12.3 Å². The average molecular weight is 455 g/mol. The Morgan fingerprint density at radius 2 is 2.00 bits per heavy atom. The molecule has 2 unspecified atom stereocenters. The van der Waals surface area contributed by atoms with E-state index in [1.54, 1.807) is 25.3 Å². The largest absolute Gasteiger partial charge is 0.493 e. The Labute approximate surface area is 188 Å². The van der Waals surface area contributed by atoms with Crippen LogP contribution in [-0.2, 0) is 11.4 Å². The summed E-state index contributed by atoms with van der Waals surface area (Å²) in [7, 11) is 1.57. The van der Waals surface area contributed by atoms with Crippen molar-refractivity contribution in [3.63, 3.8) is 0 Å². The number of aromatic nitrogens is 2. The number of methoxy groups -OCH3 is 1. The lowest BCUT2D eigenvalue weighted by Gasteiger charge is -2.18. The number of nitrogens with zero attached hydrogens (tertiary/aromatic N) is 2. The molecule has 0 radical (unpaired) electrons. The fourth-order valence-electron chi connectivity index (χ4n) is 2.81. The summed E-state index contributed by atoms with van der Waals surface area (Å²) in [6, 6.07) is 10.5. The molecule has 1 amide bonds. The van der Waals surface area contributed by atoms with E-state index in [2.05, 4.69) is 10.3 Å². The molecule has 0 fully saturated rings. The minimum absolute atomic E-state index is 0. The molecular weight excluding hydrogens is 427 g/mol. The number of amides is 1. The van der Waals surface area contributed by atoms with Crippen LogP contribution in [0.2, 0.25) is 0 Å². The molecule has 0 aliphatic carbocycles. The van der Waals surface area contributed by atoms with Crippen molar-refractivity contribution < 1.29 is 14.3 Å². The molecular formula is C21H28Cl2N4O3. The van der Waals surface area contributed by atoms with Gasteiger partial charge < -0.3 is 24.9 Å². The summed E-state index contributed by atoms with van der Waals surface area (Å²) in [5, 5.41) is 2.85. The van der Waals surface area contributed by atoms with Crippen LogP contribution in [0.4, 0.5) is 5.69 Å². The molecule has 2 atom stereocenters. The highest BCUT2D eigenvalue weighted by atomic mass is 35.5. The minimum atomic E-state index is -0.561. The summed E-state index contributed by atoms with van der Waals surface area (Å²) in [5.74, 6) is 0.984. The monoisotopic (exact) mass is 454 g/mol. The van der Waals surface area contributed by atoms with Crippen molar-refractivity contribution in [3.8, 4) is 11.5 Å². The van der Waals surface area contributed by atoms with E-state index < -0.39 is 6.04 Å². The van der Waals surface area contributed by atoms with Crippen LogP contribution in [0.3, 0.4) is 0 Å². The van der Waals surface area contributed by atoms with Crippen molar-refractivity contribution in [2.75, 3.05) is 12.4 Å². The Bertz CT molecular complexity index is 931. The Kier molecular flexibility index (Phi) is 9.92. The van der Waals surface area contributed by atoms with E-state index in [0.717, 1.165) is 17.8 Å². The topological polar surface area (TPSA) is 90.9 Å². The van der Waals surface area contributed by atoms with Crippen molar-refractivity contribution in [1.29, 1.82) is 0 Å². The third-order valence-corrected chi connectivity index (χ3v) is 4.78. The molecule has 7 nitrogen and oxygen atoms in total. The number of rotatable bonds is 8. The highest BCUT2D eigenvalue weighted by molar-refractivity contribution is 5.95. The van der Waals surface area contributed by atoms with Crippen LogP contribution in [0.25, 0.3) is 5.65 Å². The molecule has 9 heteroatoms. The number of anilines is 1. The molecule has 2 aromatic heterocycles. The maximum Gasteiger partial charge on any atom is 0.241 e. The van der Waals surface area contributed by atoms with E-state index in [4.69, 9.17) is 15.2 Å². The third kappa shape index (κ3) is 6.01. The zero-order valence-corrected chi connectivity index (χ0v) is 18.8. The molecule has 2 heterocycles. The van der Waals surface area contributed by atoms with Gasteiger partial charge in [-0.15, -0.1) is 24.8 Å². The Morgan fingerprint density at radius 3 is 2.67 bits per heavy atom. The fourth-order valence-corrected chi connectivity index (χ4v) is 2.81. The van der Waals surface area contributed by atoms with Gasteiger partial charge in [0, 0.05) is 24.1 Å². The normalized spacial score (nSPS) is 12.3. The van der Waals surface area contributed by atoms with Crippen molar-refractivity contribution in [1.82, 2.24) is 9.38 Å². The summed E-state index contributed by atoms with van der Waals surface area (Å²) in [4.78, 5) is 16.9. The summed E-state index contributed by atoms with van der Waals surface area (Å²) >= 11 is 0. The third-order valence-electron chi connectivity index (χ3n) is 4.78. The molecule has 0 bridgehead atoms. The first kappa shape index (κ1) is 25.6. The van der Waals surface area contributed by atoms with E-state index >= 15 is 0 Å². The van der Waals surface area contributed by atoms with Crippen molar-refractivity contribution >= 4 is 42.1 Å². The van der Waals surface area contributed by atoms with Crippen LogP contribution < -0.4 is 20.5 Å². The van der Waals surface area contributed by atoms with E-state index in [1.165, 1.54) is 0 Å². The van der Waals surface area contributed by atoms with Gasteiger partial charge >= 0.3 is 0 Å². The fraction of sp³-hybridized carbons (Fsp3) is 0.333. The molecule has 3 rings (SSSR count). The molecule has 3 aromatic rings. The van der Waals surface area contributed by atoms with Gasteiger partial charge in [-0.25, -0.2) is 4.98 Å².